The first-order valence-electron chi connectivity index (χ1n) is 8.46. The lowest BCUT2D eigenvalue weighted by Gasteiger charge is -2.16. The maximum absolute atomic E-state index is 12.3. The number of rotatable bonds is 7. The van der Waals surface area contributed by atoms with Gasteiger partial charge in [-0.2, -0.15) is 10.2 Å². The molecule has 136 valence electrons. The third kappa shape index (κ3) is 4.30. The number of ether oxygens (including phenoxy) is 1. The van der Waals surface area contributed by atoms with Gasteiger partial charge >= 0.3 is 0 Å². The first kappa shape index (κ1) is 17.7. The zero-order chi connectivity index (χ0) is 18.5. The van der Waals surface area contributed by atoms with Crippen LogP contribution in [0.25, 0.3) is 5.69 Å². The highest BCUT2D eigenvalue weighted by molar-refractivity contribution is 5.75. The summed E-state index contributed by atoms with van der Waals surface area (Å²) in [4.78, 5) is 14.0. The molecule has 7 nitrogen and oxygen atoms in total. The van der Waals surface area contributed by atoms with Gasteiger partial charge in [0.1, 0.15) is 5.75 Å². The standard InChI is InChI=1S/C19H23N5O2/c1-15-10-20-23(12-15)8-7-19(25)22(2)13-16-11-21-24(14-16)17-5-4-6-18(9-17)26-3/h4-6,9-12,14H,7-8,13H2,1-3H3. The zero-order valence-electron chi connectivity index (χ0n) is 15.3. The van der Waals surface area contributed by atoms with Crippen molar-refractivity contribution < 1.29 is 9.53 Å². The van der Waals surface area contributed by atoms with Crippen molar-refractivity contribution >= 4 is 5.91 Å². The van der Waals surface area contributed by atoms with E-state index in [1.807, 2.05) is 43.6 Å². The Hall–Kier alpha value is -3.09. The van der Waals surface area contributed by atoms with Gasteiger partial charge in [0.2, 0.25) is 5.91 Å². The van der Waals surface area contributed by atoms with Crippen LogP contribution in [0.3, 0.4) is 0 Å². The van der Waals surface area contributed by atoms with Gasteiger partial charge in [-0.3, -0.25) is 9.48 Å². The molecule has 0 aliphatic carbocycles. The quantitative estimate of drug-likeness (QED) is 0.654. The normalized spacial score (nSPS) is 10.7. The van der Waals surface area contributed by atoms with Crippen LogP contribution in [-0.4, -0.2) is 44.5 Å². The van der Waals surface area contributed by atoms with E-state index >= 15 is 0 Å². The highest BCUT2D eigenvalue weighted by Crippen LogP contribution is 2.16. The van der Waals surface area contributed by atoms with Crippen molar-refractivity contribution in [1.82, 2.24) is 24.5 Å². The molecule has 0 unspecified atom stereocenters. The summed E-state index contributed by atoms with van der Waals surface area (Å²) in [5.41, 5.74) is 2.98. The Morgan fingerprint density at radius 2 is 2.08 bits per heavy atom. The van der Waals surface area contributed by atoms with Crippen LogP contribution in [0.2, 0.25) is 0 Å². The van der Waals surface area contributed by atoms with Gasteiger partial charge < -0.3 is 9.64 Å². The van der Waals surface area contributed by atoms with Crippen LogP contribution < -0.4 is 4.74 Å². The number of carbonyl (C=O) groups is 1. The average molecular weight is 353 g/mol. The molecule has 0 bridgehead atoms. The zero-order valence-corrected chi connectivity index (χ0v) is 15.3. The lowest BCUT2D eigenvalue weighted by molar-refractivity contribution is -0.130. The fourth-order valence-corrected chi connectivity index (χ4v) is 2.69. The molecule has 0 atom stereocenters. The minimum atomic E-state index is 0.0762. The molecule has 1 amide bonds. The topological polar surface area (TPSA) is 65.2 Å². The molecule has 7 heteroatoms. The SMILES string of the molecule is COc1cccc(-n2cc(CN(C)C(=O)CCn3cc(C)cn3)cn2)c1. The van der Waals surface area contributed by atoms with E-state index in [1.165, 1.54) is 0 Å². The molecular formula is C19H23N5O2. The molecule has 0 spiro atoms. The number of hydrogen-bond acceptors (Lipinski definition) is 4. The van der Waals surface area contributed by atoms with Crippen molar-refractivity contribution in [1.29, 1.82) is 0 Å². The third-order valence-electron chi connectivity index (χ3n) is 4.12. The van der Waals surface area contributed by atoms with Crippen molar-refractivity contribution in [3.05, 3.63) is 60.2 Å². The lowest BCUT2D eigenvalue weighted by atomic mass is 10.3. The molecule has 0 N–H and O–H groups in total. The first-order chi connectivity index (χ1) is 12.5. The van der Waals surface area contributed by atoms with Crippen LogP contribution >= 0.6 is 0 Å². The fourth-order valence-electron chi connectivity index (χ4n) is 2.69. The van der Waals surface area contributed by atoms with Crippen LogP contribution in [0.1, 0.15) is 17.5 Å². The molecule has 0 saturated carbocycles. The second kappa shape index (κ2) is 7.86. The monoisotopic (exact) mass is 353 g/mol. The van der Waals surface area contributed by atoms with Gasteiger partial charge in [-0.15, -0.1) is 0 Å². The van der Waals surface area contributed by atoms with Gasteiger partial charge in [0.05, 0.1) is 25.2 Å². The van der Waals surface area contributed by atoms with E-state index in [2.05, 4.69) is 10.2 Å². The Kier molecular flexibility index (Phi) is 5.36. The number of methoxy groups -OCH3 is 1. The number of nitrogens with zero attached hydrogens (tertiary/aromatic N) is 5. The highest BCUT2D eigenvalue weighted by atomic mass is 16.5. The smallest absolute Gasteiger partial charge is 0.224 e. The van der Waals surface area contributed by atoms with Crippen molar-refractivity contribution in [2.45, 2.75) is 26.4 Å². The molecule has 0 radical (unpaired) electrons. The van der Waals surface area contributed by atoms with E-state index in [0.717, 1.165) is 22.6 Å². The molecule has 2 heterocycles. The van der Waals surface area contributed by atoms with Gasteiger partial charge in [-0.05, 0) is 24.6 Å². The molecule has 3 aromatic rings. The molecule has 0 aliphatic rings. The van der Waals surface area contributed by atoms with Crippen LogP contribution in [0, 0.1) is 6.92 Å². The summed E-state index contributed by atoms with van der Waals surface area (Å²) in [6.45, 7) is 3.08. The lowest BCUT2D eigenvalue weighted by Crippen LogP contribution is -2.27. The fraction of sp³-hybridized carbons (Fsp3) is 0.316. The molecular weight excluding hydrogens is 330 g/mol. The van der Waals surface area contributed by atoms with E-state index in [1.54, 1.807) is 40.8 Å². The number of aryl methyl sites for hydroxylation is 2. The van der Waals surface area contributed by atoms with Crippen LogP contribution in [0.4, 0.5) is 0 Å². The molecule has 3 rings (SSSR count). The van der Waals surface area contributed by atoms with Crippen molar-refractivity contribution in [2.24, 2.45) is 0 Å². The van der Waals surface area contributed by atoms with Crippen LogP contribution in [0.15, 0.2) is 49.1 Å². The number of aromatic nitrogens is 4. The summed E-state index contributed by atoms with van der Waals surface area (Å²) in [7, 11) is 3.44. The summed E-state index contributed by atoms with van der Waals surface area (Å²) in [5, 5.41) is 8.58. The third-order valence-corrected chi connectivity index (χ3v) is 4.12. The molecule has 0 fully saturated rings. The summed E-state index contributed by atoms with van der Waals surface area (Å²) >= 11 is 0. The van der Waals surface area contributed by atoms with E-state index < -0.39 is 0 Å². The maximum Gasteiger partial charge on any atom is 0.224 e. The predicted molar refractivity (Wildman–Crippen MR) is 98.2 cm³/mol. The van der Waals surface area contributed by atoms with Gasteiger partial charge in [-0.25, -0.2) is 4.68 Å². The number of carbonyl (C=O) groups excluding carboxylic acids is 1. The molecule has 1 aromatic carbocycles. The van der Waals surface area contributed by atoms with E-state index in [-0.39, 0.29) is 5.91 Å². The molecule has 0 saturated heterocycles. The van der Waals surface area contributed by atoms with E-state index in [4.69, 9.17) is 4.74 Å². The Balaban J connectivity index is 1.58. The van der Waals surface area contributed by atoms with Gasteiger partial charge in [0, 0.05) is 50.6 Å². The Labute approximate surface area is 152 Å². The summed E-state index contributed by atoms with van der Waals surface area (Å²) in [5.74, 6) is 0.855. The van der Waals surface area contributed by atoms with Crippen molar-refractivity contribution in [3.8, 4) is 11.4 Å². The van der Waals surface area contributed by atoms with Crippen molar-refractivity contribution in [3.63, 3.8) is 0 Å². The summed E-state index contributed by atoms with van der Waals surface area (Å²) < 4.78 is 8.82. The van der Waals surface area contributed by atoms with Gasteiger partial charge in [-0.1, -0.05) is 6.07 Å². The van der Waals surface area contributed by atoms with Crippen LogP contribution in [-0.2, 0) is 17.9 Å². The summed E-state index contributed by atoms with van der Waals surface area (Å²) in [6, 6.07) is 7.68. The average Bonchev–Trinajstić information content (AvgIpc) is 3.28. The molecule has 0 aliphatic heterocycles. The van der Waals surface area contributed by atoms with Crippen LogP contribution in [0.5, 0.6) is 5.75 Å². The van der Waals surface area contributed by atoms with Gasteiger partial charge in [0.25, 0.3) is 0 Å². The van der Waals surface area contributed by atoms with E-state index in [0.29, 0.717) is 19.5 Å². The van der Waals surface area contributed by atoms with Gasteiger partial charge in [0.15, 0.2) is 0 Å². The second-order valence-electron chi connectivity index (χ2n) is 6.28. The first-order valence-corrected chi connectivity index (χ1v) is 8.46. The summed E-state index contributed by atoms with van der Waals surface area (Å²) in [6.07, 6.45) is 7.85. The number of amides is 1. The van der Waals surface area contributed by atoms with E-state index in [9.17, 15) is 4.79 Å². The number of hydrogen-bond donors (Lipinski definition) is 0. The van der Waals surface area contributed by atoms with Crippen molar-refractivity contribution in [2.75, 3.05) is 14.2 Å². The molecule has 26 heavy (non-hydrogen) atoms. The minimum absolute atomic E-state index is 0.0762. The Morgan fingerprint density at radius 1 is 1.23 bits per heavy atom. The minimum Gasteiger partial charge on any atom is -0.497 e. The largest absolute Gasteiger partial charge is 0.497 e. The second-order valence-corrected chi connectivity index (χ2v) is 6.28. The number of benzene rings is 1. The maximum atomic E-state index is 12.3. The highest BCUT2D eigenvalue weighted by Gasteiger charge is 2.11. The Bertz CT molecular complexity index is 883. The Morgan fingerprint density at radius 3 is 2.81 bits per heavy atom. The molecule has 2 aromatic heterocycles. The predicted octanol–water partition coefficient (Wildman–Crippen LogP) is 2.43.